The predicted molar refractivity (Wildman–Crippen MR) is 126 cm³/mol. The molecule has 4 rings (SSSR count). The molecular weight excluding hydrogens is 468 g/mol. The Morgan fingerprint density at radius 2 is 1.84 bits per heavy atom. The number of benzene rings is 3. The van der Waals surface area contributed by atoms with Crippen molar-refractivity contribution < 1.29 is 14.3 Å². The number of esters is 1. The molecule has 32 heavy (non-hydrogen) atoms. The molecular formula is C26H19BrN2O3. The van der Waals surface area contributed by atoms with E-state index in [1.54, 1.807) is 24.3 Å². The number of halogens is 1. The molecule has 1 aliphatic rings. The standard InChI is InChI=1S/C26H19BrN2O3/c1-16-2-4-17(5-3-16)6-13-24(30)31-20-11-12-21-23(14-20)32-26(29)22(15-28)25(21)18-7-9-19(27)10-8-18/h2-14,25H,29H2,1H3/b13-6+. The Balaban J connectivity index is 1.59. The fourth-order valence-corrected chi connectivity index (χ4v) is 3.75. The largest absolute Gasteiger partial charge is 0.440 e. The number of hydrogen-bond donors (Lipinski definition) is 1. The number of aryl methyl sites for hydroxylation is 1. The third-order valence-electron chi connectivity index (χ3n) is 5.10. The number of allylic oxidation sites excluding steroid dienone is 1. The Bertz CT molecular complexity index is 1270. The van der Waals surface area contributed by atoms with Crippen LogP contribution >= 0.6 is 15.9 Å². The van der Waals surface area contributed by atoms with Gasteiger partial charge in [-0.15, -0.1) is 0 Å². The lowest BCUT2D eigenvalue weighted by Gasteiger charge is -2.26. The predicted octanol–water partition coefficient (Wildman–Crippen LogP) is 5.59. The van der Waals surface area contributed by atoms with Gasteiger partial charge in [-0.25, -0.2) is 4.79 Å². The highest BCUT2D eigenvalue weighted by atomic mass is 79.9. The van der Waals surface area contributed by atoms with E-state index in [0.717, 1.165) is 26.7 Å². The summed E-state index contributed by atoms with van der Waals surface area (Å²) in [5, 5.41) is 9.66. The van der Waals surface area contributed by atoms with E-state index in [4.69, 9.17) is 15.2 Å². The molecule has 3 aromatic rings. The zero-order chi connectivity index (χ0) is 22.7. The van der Waals surface area contributed by atoms with Crippen LogP contribution in [-0.2, 0) is 4.79 Å². The summed E-state index contributed by atoms with van der Waals surface area (Å²) in [7, 11) is 0. The number of rotatable bonds is 4. The first kappa shape index (κ1) is 21.4. The Hall–Kier alpha value is -3.82. The molecule has 1 unspecified atom stereocenters. The van der Waals surface area contributed by atoms with Gasteiger partial charge in [0.15, 0.2) is 0 Å². The molecule has 0 fully saturated rings. The fourth-order valence-electron chi connectivity index (χ4n) is 3.49. The summed E-state index contributed by atoms with van der Waals surface area (Å²) >= 11 is 3.43. The number of ether oxygens (including phenoxy) is 2. The van der Waals surface area contributed by atoms with Crippen LogP contribution in [-0.4, -0.2) is 5.97 Å². The van der Waals surface area contributed by atoms with Crippen molar-refractivity contribution in [3.05, 3.63) is 111 Å². The van der Waals surface area contributed by atoms with Gasteiger partial charge in [-0.05, 0) is 42.3 Å². The van der Waals surface area contributed by atoms with Crippen molar-refractivity contribution in [1.29, 1.82) is 5.26 Å². The van der Waals surface area contributed by atoms with Gasteiger partial charge in [0.25, 0.3) is 0 Å². The molecule has 6 heteroatoms. The number of carbonyl (C=O) groups excluding carboxylic acids is 1. The molecule has 0 saturated carbocycles. The molecule has 0 radical (unpaired) electrons. The van der Waals surface area contributed by atoms with E-state index in [1.165, 1.54) is 6.08 Å². The zero-order valence-corrected chi connectivity index (χ0v) is 18.8. The van der Waals surface area contributed by atoms with Crippen molar-refractivity contribution in [2.45, 2.75) is 12.8 Å². The third-order valence-corrected chi connectivity index (χ3v) is 5.63. The van der Waals surface area contributed by atoms with Gasteiger partial charge in [0.1, 0.15) is 23.1 Å². The molecule has 0 amide bonds. The zero-order valence-electron chi connectivity index (χ0n) is 17.2. The highest BCUT2D eigenvalue weighted by Crippen LogP contribution is 2.43. The first-order valence-electron chi connectivity index (χ1n) is 9.88. The second kappa shape index (κ2) is 9.13. The topological polar surface area (TPSA) is 85.3 Å². The van der Waals surface area contributed by atoms with Crippen LogP contribution in [0.3, 0.4) is 0 Å². The average molecular weight is 487 g/mol. The maximum atomic E-state index is 12.3. The minimum absolute atomic E-state index is 0.0377. The van der Waals surface area contributed by atoms with Crippen LogP contribution in [0.1, 0.15) is 28.2 Å². The molecule has 0 spiro atoms. The number of nitrogens with two attached hydrogens (primary N) is 1. The van der Waals surface area contributed by atoms with Crippen LogP contribution in [0.4, 0.5) is 0 Å². The van der Waals surface area contributed by atoms with Crippen LogP contribution < -0.4 is 15.2 Å². The van der Waals surface area contributed by atoms with E-state index in [9.17, 15) is 10.1 Å². The van der Waals surface area contributed by atoms with Crippen molar-refractivity contribution in [2.24, 2.45) is 5.73 Å². The minimum atomic E-state index is -0.507. The number of fused-ring (bicyclic) bond motifs is 1. The molecule has 0 aromatic heterocycles. The molecule has 1 atom stereocenters. The molecule has 3 aromatic carbocycles. The van der Waals surface area contributed by atoms with E-state index < -0.39 is 5.97 Å². The van der Waals surface area contributed by atoms with Crippen molar-refractivity contribution >= 4 is 28.0 Å². The van der Waals surface area contributed by atoms with Crippen LogP contribution in [0.2, 0.25) is 0 Å². The molecule has 1 aliphatic heterocycles. The van der Waals surface area contributed by atoms with Crippen LogP contribution in [0.15, 0.2) is 88.7 Å². The number of carbonyl (C=O) groups is 1. The lowest BCUT2D eigenvalue weighted by atomic mass is 9.83. The molecule has 1 heterocycles. The Morgan fingerprint density at radius 3 is 2.53 bits per heavy atom. The van der Waals surface area contributed by atoms with Gasteiger partial charge in [0, 0.05) is 22.2 Å². The summed E-state index contributed by atoms with van der Waals surface area (Å²) in [6.45, 7) is 2.00. The molecule has 2 N–H and O–H groups in total. The van der Waals surface area contributed by atoms with E-state index in [1.807, 2.05) is 55.5 Å². The third kappa shape index (κ3) is 4.58. The summed E-state index contributed by atoms with van der Waals surface area (Å²) in [5.41, 5.74) is 10.1. The SMILES string of the molecule is Cc1ccc(/C=C/C(=O)Oc2ccc3c(c2)OC(N)=C(C#N)C3c2ccc(Br)cc2)cc1. The average Bonchev–Trinajstić information content (AvgIpc) is 2.78. The van der Waals surface area contributed by atoms with Gasteiger partial charge >= 0.3 is 5.97 Å². The Morgan fingerprint density at radius 1 is 1.12 bits per heavy atom. The number of nitriles is 1. The summed E-state index contributed by atoms with van der Waals surface area (Å²) in [4.78, 5) is 12.3. The van der Waals surface area contributed by atoms with E-state index in [-0.39, 0.29) is 11.8 Å². The van der Waals surface area contributed by atoms with Gasteiger partial charge in [0.2, 0.25) is 5.88 Å². The fraction of sp³-hybridized carbons (Fsp3) is 0.0769. The van der Waals surface area contributed by atoms with E-state index in [2.05, 4.69) is 22.0 Å². The monoisotopic (exact) mass is 486 g/mol. The molecule has 0 saturated heterocycles. The number of nitrogens with zero attached hydrogens (tertiary/aromatic N) is 1. The van der Waals surface area contributed by atoms with Gasteiger partial charge in [-0.2, -0.15) is 5.26 Å². The lowest BCUT2D eigenvalue weighted by Crippen LogP contribution is -2.21. The van der Waals surface area contributed by atoms with Gasteiger partial charge in [0.05, 0.1) is 5.92 Å². The normalized spacial score (nSPS) is 15.1. The number of hydrogen-bond acceptors (Lipinski definition) is 5. The molecule has 5 nitrogen and oxygen atoms in total. The first-order valence-corrected chi connectivity index (χ1v) is 10.7. The van der Waals surface area contributed by atoms with Crippen molar-refractivity contribution in [3.63, 3.8) is 0 Å². The maximum absolute atomic E-state index is 12.3. The maximum Gasteiger partial charge on any atom is 0.336 e. The Kier molecular flexibility index (Phi) is 6.11. The summed E-state index contributed by atoms with van der Waals surface area (Å²) in [6, 6.07) is 22.7. The summed E-state index contributed by atoms with van der Waals surface area (Å²) in [5.74, 6) is -0.0713. The van der Waals surface area contributed by atoms with Crippen LogP contribution in [0, 0.1) is 18.3 Å². The Labute approximate surface area is 194 Å². The second-order valence-electron chi connectivity index (χ2n) is 7.34. The second-order valence-corrected chi connectivity index (χ2v) is 8.26. The van der Waals surface area contributed by atoms with Gasteiger partial charge in [-0.1, -0.05) is 64.0 Å². The first-order chi connectivity index (χ1) is 15.4. The minimum Gasteiger partial charge on any atom is -0.440 e. The highest BCUT2D eigenvalue weighted by molar-refractivity contribution is 9.10. The van der Waals surface area contributed by atoms with E-state index >= 15 is 0 Å². The highest BCUT2D eigenvalue weighted by Gasteiger charge is 2.31. The van der Waals surface area contributed by atoms with Crippen molar-refractivity contribution in [3.8, 4) is 17.6 Å². The molecule has 0 bridgehead atoms. The summed E-state index contributed by atoms with van der Waals surface area (Å²) in [6.07, 6.45) is 3.07. The van der Waals surface area contributed by atoms with Crippen molar-refractivity contribution in [1.82, 2.24) is 0 Å². The molecule has 0 aliphatic carbocycles. The van der Waals surface area contributed by atoms with Gasteiger partial charge in [-0.3, -0.25) is 0 Å². The lowest BCUT2D eigenvalue weighted by molar-refractivity contribution is -0.128. The van der Waals surface area contributed by atoms with Crippen LogP contribution in [0.5, 0.6) is 11.5 Å². The van der Waals surface area contributed by atoms with Gasteiger partial charge < -0.3 is 15.2 Å². The summed E-state index contributed by atoms with van der Waals surface area (Å²) < 4.78 is 12.1. The van der Waals surface area contributed by atoms with Crippen molar-refractivity contribution in [2.75, 3.05) is 0 Å². The molecule has 158 valence electrons. The van der Waals surface area contributed by atoms with Crippen LogP contribution in [0.25, 0.3) is 6.08 Å². The van der Waals surface area contributed by atoms with E-state index in [0.29, 0.717) is 17.1 Å². The quantitative estimate of drug-likeness (QED) is 0.295. The smallest absolute Gasteiger partial charge is 0.336 e.